The van der Waals surface area contributed by atoms with E-state index in [1.165, 1.54) is 12.1 Å². The first kappa shape index (κ1) is 20.0. The summed E-state index contributed by atoms with van der Waals surface area (Å²) in [6.07, 6.45) is -11.0. The maximum atomic E-state index is 12.9. The van der Waals surface area contributed by atoms with Crippen molar-refractivity contribution in [2.45, 2.75) is 30.9 Å². The van der Waals surface area contributed by atoms with Crippen LogP contribution in [-0.2, 0) is 18.6 Å². The summed E-state index contributed by atoms with van der Waals surface area (Å²) in [6, 6.07) is 9.46. The summed E-state index contributed by atoms with van der Waals surface area (Å²) in [4.78, 5) is 2.00. The molecule has 146 valence electrons. The lowest BCUT2D eigenvalue weighted by Gasteiger charge is -2.32. The maximum absolute atomic E-state index is 12.9. The molecule has 2 aromatic rings. The first-order valence-electron chi connectivity index (χ1n) is 7.92. The number of hydrogen-bond donors (Lipinski definition) is 1. The number of aliphatic hydroxyl groups is 1. The summed E-state index contributed by atoms with van der Waals surface area (Å²) in [5, 5.41) is 9.42. The van der Waals surface area contributed by atoms with E-state index in [1.54, 1.807) is 0 Å². The zero-order valence-electron chi connectivity index (χ0n) is 13.7. The third-order valence-electron chi connectivity index (χ3n) is 4.60. The summed E-state index contributed by atoms with van der Waals surface area (Å²) in [7, 11) is 0. The normalized spacial score (nSPS) is 15.2. The monoisotopic (exact) mass is 453 g/mol. The first-order chi connectivity index (χ1) is 12.4. The predicted octanol–water partition coefficient (Wildman–Crippen LogP) is 5.32. The lowest BCUT2D eigenvalue weighted by atomic mass is 9.91. The molecule has 0 fully saturated rings. The van der Waals surface area contributed by atoms with Gasteiger partial charge in [-0.2, -0.15) is 26.3 Å². The zero-order valence-corrected chi connectivity index (χ0v) is 15.3. The summed E-state index contributed by atoms with van der Waals surface area (Å²) in [5.41, 5.74) is -3.52. The van der Waals surface area contributed by atoms with Crippen LogP contribution in [0.25, 0.3) is 0 Å². The van der Waals surface area contributed by atoms with Gasteiger partial charge in [-0.3, -0.25) is 0 Å². The molecule has 0 spiro atoms. The van der Waals surface area contributed by atoms with Gasteiger partial charge in [0, 0.05) is 28.8 Å². The molecule has 1 aliphatic heterocycles. The van der Waals surface area contributed by atoms with Crippen LogP contribution >= 0.6 is 15.9 Å². The maximum Gasteiger partial charge on any atom is 0.430 e. The Balaban J connectivity index is 1.85. The van der Waals surface area contributed by atoms with Crippen molar-refractivity contribution in [1.29, 1.82) is 0 Å². The molecule has 0 radical (unpaired) electrons. The van der Waals surface area contributed by atoms with E-state index >= 15 is 0 Å². The number of alkyl halides is 6. The number of benzene rings is 2. The average molecular weight is 454 g/mol. The second kappa shape index (κ2) is 6.70. The van der Waals surface area contributed by atoms with Gasteiger partial charge in [0.2, 0.25) is 0 Å². The van der Waals surface area contributed by atoms with Gasteiger partial charge in [-0.15, -0.1) is 0 Å². The Hall–Kier alpha value is -1.74. The molecule has 0 saturated heterocycles. The topological polar surface area (TPSA) is 23.5 Å². The Labute approximate surface area is 159 Å². The number of halogens is 7. The Kier molecular flexibility index (Phi) is 4.96. The van der Waals surface area contributed by atoms with E-state index in [-0.39, 0.29) is 0 Å². The van der Waals surface area contributed by atoms with Gasteiger partial charge in [-0.25, -0.2) is 0 Å². The van der Waals surface area contributed by atoms with E-state index in [1.807, 2.05) is 23.1 Å². The van der Waals surface area contributed by atoms with Crippen molar-refractivity contribution in [1.82, 2.24) is 0 Å². The lowest BCUT2D eigenvalue weighted by Crippen LogP contribution is -2.53. The summed E-state index contributed by atoms with van der Waals surface area (Å²) in [6.45, 7) is 1.04. The fraction of sp³-hybridized carbons (Fsp3) is 0.333. The molecule has 0 bridgehead atoms. The van der Waals surface area contributed by atoms with Crippen LogP contribution in [0.3, 0.4) is 0 Å². The van der Waals surface area contributed by atoms with E-state index in [2.05, 4.69) is 15.9 Å². The molecule has 27 heavy (non-hydrogen) atoms. The van der Waals surface area contributed by atoms with Gasteiger partial charge >= 0.3 is 12.4 Å². The number of rotatable bonds is 3. The highest BCUT2D eigenvalue weighted by molar-refractivity contribution is 9.10. The van der Waals surface area contributed by atoms with Crippen LogP contribution in [0.1, 0.15) is 16.7 Å². The molecule has 3 rings (SSSR count). The average Bonchev–Trinajstić information content (AvgIpc) is 2.94. The van der Waals surface area contributed by atoms with Crippen molar-refractivity contribution in [2.75, 3.05) is 11.4 Å². The molecule has 0 amide bonds. The first-order valence-corrected chi connectivity index (χ1v) is 8.71. The van der Waals surface area contributed by atoms with Crippen molar-refractivity contribution in [3.8, 4) is 0 Å². The van der Waals surface area contributed by atoms with Gasteiger partial charge in [0.15, 0.2) is 0 Å². The van der Waals surface area contributed by atoms with Crippen LogP contribution in [-0.4, -0.2) is 24.0 Å². The van der Waals surface area contributed by atoms with Gasteiger partial charge in [0.25, 0.3) is 5.60 Å². The molecule has 2 aromatic carbocycles. The van der Waals surface area contributed by atoms with E-state index in [0.29, 0.717) is 30.8 Å². The minimum Gasteiger partial charge on any atom is -0.369 e. The molecular weight excluding hydrogens is 440 g/mol. The summed E-state index contributed by atoms with van der Waals surface area (Å²) in [5.74, 6) is 0. The quantitative estimate of drug-likeness (QED) is 0.635. The molecule has 1 heterocycles. The van der Waals surface area contributed by atoms with Crippen LogP contribution in [0.15, 0.2) is 46.9 Å². The van der Waals surface area contributed by atoms with Gasteiger partial charge in [0.1, 0.15) is 0 Å². The molecule has 9 heteroatoms. The summed E-state index contributed by atoms with van der Waals surface area (Å²) < 4.78 is 78.5. The SMILES string of the molecule is OC(c1ccc(CN2CCc3cc(Br)ccc32)cc1)(C(F)(F)F)C(F)(F)F. The third kappa shape index (κ3) is 3.54. The molecule has 0 unspecified atom stereocenters. The zero-order chi connectivity index (χ0) is 20.0. The van der Waals surface area contributed by atoms with Crippen molar-refractivity contribution >= 4 is 21.6 Å². The fourth-order valence-electron chi connectivity index (χ4n) is 3.16. The Morgan fingerprint density at radius 1 is 0.926 bits per heavy atom. The number of nitrogens with zero attached hydrogens (tertiary/aromatic N) is 1. The molecular formula is C18H14BrF6NO. The van der Waals surface area contributed by atoms with Crippen molar-refractivity contribution in [3.63, 3.8) is 0 Å². The summed E-state index contributed by atoms with van der Waals surface area (Å²) >= 11 is 3.38. The van der Waals surface area contributed by atoms with E-state index in [0.717, 1.165) is 22.1 Å². The van der Waals surface area contributed by atoms with Crippen molar-refractivity contribution in [3.05, 3.63) is 63.6 Å². The largest absolute Gasteiger partial charge is 0.430 e. The van der Waals surface area contributed by atoms with Crippen LogP contribution in [0.4, 0.5) is 32.0 Å². The highest BCUT2D eigenvalue weighted by Crippen LogP contribution is 2.50. The Morgan fingerprint density at radius 2 is 1.52 bits per heavy atom. The standard InChI is InChI=1S/C18H14BrF6NO/c19-14-5-6-15-12(9-14)7-8-26(15)10-11-1-3-13(4-2-11)16(27,17(20,21)22)18(23,24)25/h1-6,9,27H,7-8,10H2. The molecule has 0 saturated carbocycles. The van der Waals surface area contributed by atoms with Gasteiger partial charge in [0.05, 0.1) is 0 Å². The molecule has 0 aliphatic carbocycles. The smallest absolute Gasteiger partial charge is 0.369 e. The number of anilines is 1. The lowest BCUT2D eigenvalue weighted by molar-refractivity contribution is -0.376. The second-order valence-corrected chi connectivity index (χ2v) is 7.26. The fourth-order valence-corrected chi connectivity index (χ4v) is 3.57. The van der Waals surface area contributed by atoms with Gasteiger partial charge in [-0.1, -0.05) is 40.2 Å². The highest BCUT2D eigenvalue weighted by Gasteiger charge is 2.71. The number of fused-ring (bicyclic) bond motifs is 1. The van der Waals surface area contributed by atoms with E-state index in [9.17, 15) is 31.4 Å². The van der Waals surface area contributed by atoms with E-state index in [4.69, 9.17) is 0 Å². The molecule has 2 nitrogen and oxygen atoms in total. The molecule has 0 atom stereocenters. The number of hydrogen-bond acceptors (Lipinski definition) is 2. The highest BCUT2D eigenvalue weighted by atomic mass is 79.9. The van der Waals surface area contributed by atoms with Gasteiger partial charge < -0.3 is 10.0 Å². The Morgan fingerprint density at radius 3 is 2.07 bits per heavy atom. The van der Waals surface area contributed by atoms with E-state index < -0.39 is 23.5 Å². The minimum atomic E-state index is -5.88. The molecule has 1 aliphatic rings. The van der Waals surface area contributed by atoms with Crippen LogP contribution in [0.2, 0.25) is 0 Å². The third-order valence-corrected chi connectivity index (χ3v) is 5.09. The van der Waals surface area contributed by atoms with Crippen molar-refractivity contribution in [2.24, 2.45) is 0 Å². The molecule has 1 N–H and O–H groups in total. The molecule has 0 aromatic heterocycles. The van der Waals surface area contributed by atoms with Gasteiger partial charge in [-0.05, 0) is 35.7 Å². The van der Waals surface area contributed by atoms with Crippen LogP contribution in [0.5, 0.6) is 0 Å². The predicted molar refractivity (Wildman–Crippen MR) is 91.3 cm³/mol. The minimum absolute atomic E-state index is 0.339. The van der Waals surface area contributed by atoms with Crippen molar-refractivity contribution < 1.29 is 31.4 Å². The van der Waals surface area contributed by atoms with Crippen LogP contribution < -0.4 is 4.90 Å². The van der Waals surface area contributed by atoms with Crippen LogP contribution in [0, 0.1) is 0 Å². The second-order valence-electron chi connectivity index (χ2n) is 6.35. The Bertz CT molecular complexity index is 817.